The smallest absolute Gasteiger partial charge is 0.315 e. The highest BCUT2D eigenvalue weighted by molar-refractivity contribution is 5.97. The molecule has 1 unspecified atom stereocenters. The Balaban J connectivity index is 2.27. The summed E-state index contributed by atoms with van der Waals surface area (Å²) in [6, 6.07) is 12.6. The van der Waals surface area contributed by atoms with Gasteiger partial charge in [-0.15, -0.1) is 0 Å². The van der Waals surface area contributed by atoms with E-state index >= 15 is 0 Å². The molecule has 4 heteroatoms. The Morgan fingerprint density at radius 2 is 1.75 bits per heavy atom. The largest absolute Gasteiger partial charge is 0.341 e. The monoisotopic (exact) mass is 375 g/mol. The zero-order valence-corrected chi connectivity index (χ0v) is 17.6. The van der Waals surface area contributed by atoms with Gasteiger partial charge < -0.3 is 10.6 Å². The summed E-state index contributed by atoms with van der Waals surface area (Å²) >= 11 is 0. The van der Waals surface area contributed by atoms with Gasteiger partial charge in [-0.25, -0.2) is 4.79 Å². The van der Waals surface area contributed by atoms with Crippen LogP contribution in [0.25, 0.3) is 22.0 Å². The summed E-state index contributed by atoms with van der Waals surface area (Å²) < 4.78 is 0. The molecule has 0 aliphatic carbocycles. The van der Waals surface area contributed by atoms with Gasteiger partial charge in [0.25, 0.3) is 0 Å². The summed E-state index contributed by atoms with van der Waals surface area (Å²) in [5.41, 5.74) is 9.22. The number of benzene rings is 2. The van der Waals surface area contributed by atoms with Crippen LogP contribution < -0.4 is 10.6 Å². The quantitative estimate of drug-likeness (QED) is 0.631. The molecule has 28 heavy (non-hydrogen) atoms. The van der Waals surface area contributed by atoms with Gasteiger partial charge in [0, 0.05) is 23.7 Å². The number of aryl methyl sites for hydroxylation is 4. The average molecular weight is 376 g/mol. The van der Waals surface area contributed by atoms with Gasteiger partial charge in [0.1, 0.15) is 0 Å². The van der Waals surface area contributed by atoms with Crippen LogP contribution in [0.1, 0.15) is 47.3 Å². The zero-order chi connectivity index (χ0) is 20.4. The van der Waals surface area contributed by atoms with Crippen molar-refractivity contribution in [3.63, 3.8) is 0 Å². The third-order valence-electron chi connectivity index (χ3n) is 5.26. The normalized spacial score (nSPS) is 12.1. The van der Waals surface area contributed by atoms with Crippen LogP contribution >= 0.6 is 0 Å². The van der Waals surface area contributed by atoms with E-state index in [4.69, 9.17) is 4.98 Å². The van der Waals surface area contributed by atoms with Crippen molar-refractivity contribution in [2.24, 2.45) is 0 Å². The van der Waals surface area contributed by atoms with Gasteiger partial charge >= 0.3 is 6.03 Å². The summed E-state index contributed by atoms with van der Waals surface area (Å²) in [6.07, 6.45) is 0.804. The first kappa shape index (κ1) is 19.9. The molecule has 2 N–H and O–H groups in total. The maximum absolute atomic E-state index is 11.9. The van der Waals surface area contributed by atoms with Crippen molar-refractivity contribution in [3.05, 3.63) is 64.3 Å². The number of nitrogens with one attached hydrogen (secondary N) is 2. The van der Waals surface area contributed by atoms with Crippen molar-refractivity contribution in [3.8, 4) is 11.1 Å². The number of rotatable bonds is 4. The second-order valence-electron chi connectivity index (χ2n) is 7.51. The zero-order valence-electron chi connectivity index (χ0n) is 17.6. The number of carbonyl (C=O) groups excluding carboxylic acids is 1. The lowest BCUT2D eigenvalue weighted by atomic mass is 9.90. The van der Waals surface area contributed by atoms with E-state index in [9.17, 15) is 4.79 Å². The molecular formula is C24H29N3O. The van der Waals surface area contributed by atoms with E-state index < -0.39 is 0 Å². The molecule has 0 spiro atoms. The summed E-state index contributed by atoms with van der Waals surface area (Å²) in [6.45, 7) is 10.5. The SMILES string of the molecule is CCC(NC(=O)NC)c1cc(C)nc2c(-c3c(C)cc(C)cc3C)cccc12. The summed E-state index contributed by atoms with van der Waals surface area (Å²) in [4.78, 5) is 16.9. The molecule has 0 bridgehead atoms. The van der Waals surface area contributed by atoms with Gasteiger partial charge in [-0.05, 0) is 62.4 Å². The lowest BCUT2D eigenvalue weighted by Gasteiger charge is -2.21. The topological polar surface area (TPSA) is 54.0 Å². The molecular weight excluding hydrogens is 346 g/mol. The van der Waals surface area contributed by atoms with Crippen molar-refractivity contribution < 1.29 is 4.79 Å². The van der Waals surface area contributed by atoms with Gasteiger partial charge in [-0.3, -0.25) is 4.98 Å². The van der Waals surface area contributed by atoms with Crippen LogP contribution in [0.5, 0.6) is 0 Å². The van der Waals surface area contributed by atoms with Crippen LogP contribution in [-0.4, -0.2) is 18.1 Å². The number of fused-ring (bicyclic) bond motifs is 1. The first-order valence-electron chi connectivity index (χ1n) is 9.82. The number of hydrogen-bond acceptors (Lipinski definition) is 2. The molecule has 0 radical (unpaired) electrons. The minimum atomic E-state index is -0.171. The maximum atomic E-state index is 11.9. The maximum Gasteiger partial charge on any atom is 0.315 e. The third kappa shape index (κ3) is 3.72. The molecule has 3 rings (SSSR count). The molecule has 3 aromatic rings. The van der Waals surface area contributed by atoms with Crippen LogP contribution in [0.15, 0.2) is 36.4 Å². The second kappa shape index (κ2) is 8.01. The van der Waals surface area contributed by atoms with E-state index in [2.05, 4.69) is 74.7 Å². The summed E-state index contributed by atoms with van der Waals surface area (Å²) in [5, 5.41) is 6.81. The molecule has 2 amide bonds. The van der Waals surface area contributed by atoms with E-state index in [1.807, 2.05) is 6.92 Å². The van der Waals surface area contributed by atoms with Gasteiger partial charge in [-0.1, -0.05) is 42.8 Å². The summed E-state index contributed by atoms with van der Waals surface area (Å²) in [7, 11) is 1.64. The van der Waals surface area contributed by atoms with E-state index in [1.165, 1.54) is 22.3 Å². The number of aromatic nitrogens is 1. The standard InChI is InChI=1S/C24H29N3O/c1-7-21(27-24(28)25-6)20-13-17(5)26-23-18(20)9-8-10-19(23)22-15(3)11-14(2)12-16(22)4/h8-13,21H,7H2,1-6H3,(H2,25,27,28). The van der Waals surface area contributed by atoms with Crippen LogP contribution in [0, 0.1) is 27.7 Å². The van der Waals surface area contributed by atoms with Crippen LogP contribution in [0.2, 0.25) is 0 Å². The van der Waals surface area contributed by atoms with Crippen LogP contribution in [0.4, 0.5) is 4.79 Å². The molecule has 0 fully saturated rings. The molecule has 1 aromatic heterocycles. The van der Waals surface area contributed by atoms with Crippen molar-refractivity contribution in [1.82, 2.24) is 15.6 Å². The Kier molecular flexibility index (Phi) is 5.68. The lowest BCUT2D eigenvalue weighted by molar-refractivity contribution is 0.239. The van der Waals surface area contributed by atoms with Crippen molar-refractivity contribution in [1.29, 1.82) is 0 Å². The Labute approximate surface area is 167 Å². The first-order valence-corrected chi connectivity index (χ1v) is 9.82. The first-order chi connectivity index (χ1) is 13.3. The fourth-order valence-electron chi connectivity index (χ4n) is 4.13. The third-order valence-corrected chi connectivity index (χ3v) is 5.26. The number of urea groups is 1. The summed E-state index contributed by atoms with van der Waals surface area (Å²) in [5.74, 6) is 0. The Bertz CT molecular complexity index is 1020. The molecule has 0 saturated heterocycles. The van der Waals surface area contributed by atoms with Gasteiger partial charge in [0.2, 0.25) is 0 Å². The fraction of sp³-hybridized carbons (Fsp3) is 0.333. The predicted molar refractivity (Wildman–Crippen MR) is 117 cm³/mol. The minimum absolute atomic E-state index is 0.0698. The van der Waals surface area contributed by atoms with E-state index in [-0.39, 0.29) is 12.1 Å². The molecule has 0 saturated carbocycles. The number of hydrogen-bond donors (Lipinski definition) is 2. The highest BCUT2D eigenvalue weighted by Gasteiger charge is 2.19. The number of nitrogens with zero attached hydrogens (tertiary/aromatic N) is 1. The van der Waals surface area contributed by atoms with E-state index in [0.29, 0.717) is 0 Å². The van der Waals surface area contributed by atoms with Crippen molar-refractivity contribution in [2.45, 2.75) is 47.1 Å². The Morgan fingerprint density at radius 1 is 1.07 bits per heavy atom. The Morgan fingerprint density at radius 3 is 2.36 bits per heavy atom. The van der Waals surface area contributed by atoms with Gasteiger partial charge in [0.15, 0.2) is 0 Å². The van der Waals surface area contributed by atoms with E-state index in [1.54, 1.807) is 7.05 Å². The number of amides is 2. The highest BCUT2D eigenvalue weighted by atomic mass is 16.2. The van der Waals surface area contributed by atoms with Gasteiger partial charge in [-0.2, -0.15) is 0 Å². The van der Waals surface area contributed by atoms with Crippen LogP contribution in [0.3, 0.4) is 0 Å². The number of para-hydroxylation sites is 1. The number of pyridine rings is 1. The van der Waals surface area contributed by atoms with Crippen molar-refractivity contribution in [2.75, 3.05) is 7.05 Å². The molecule has 0 aliphatic rings. The predicted octanol–water partition coefficient (Wildman–Crippen LogP) is 5.52. The minimum Gasteiger partial charge on any atom is -0.341 e. The number of carbonyl (C=O) groups is 1. The molecule has 2 aromatic carbocycles. The Hall–Kier alpha value is -2.88. The molecule has 146 valence electrons. The highest BCUT2D eigenvalue weighted by Crippen LogP contribution is 2.36. The van der Waals surface area contributed by atoms with Crippen LogP contribution in [-0.2, 0) is 0 Å². The average Bonchev–Trinajstić information content (AvgIpc) is 2.64. The lowest BCUT2D eigenvalue weighted by Crippen LogP contribution is -2.35. The molecule has 4 nitrogen and oxygen atoms in total. The molecule has 1 heterocycles. The van der Waals surface area contributed by atoms with Crippen molar-refractivity contribution >= 4 is 16.9 Å². The molecule has 1 atom stereocenters. The fourth-order valence-corrected chi connectivity index (χ4v) is 4.13. The van der Waals surface area contributed by atoms with E-state index in [0.717, 1.165) is 34.1 Å². The van der Waals surface area contributed by atoms with Gasteiger partial charge in [0.05, 0.1) is 11.6 Å². The molecule has 0 aliphatic heterocycles. The second-order valence-corrected chi connectivity index (χ2v) is 7.51.